The molecule has 0 saturated carbocycles. The van der Waals surface area contributed by atoms with Gasteiger partial charge in [0.15, 0.2) is 11.5 Å². The fraction of sp³-hybridized carbons (Fsp3) is 0.0556. The molecular formula is C18H13F2N7O2. The fourth-order valence-corrected chi connectivity index (χ4v) is 2.70. The van der Waals surface area contributed by atoms with Crippen molar-refractivity contribution in [2.75, 3.05) is 5.73 Å². The second kappa shape index (κ2) is 7.46. The number of hydrogen-bond donors (Lipinski definition) is 2. The van der Waals surface area contributed by atoms with Crippen molar-refractivity contribution in [1.82, 2.24) is 30.2 Å². The second-order valence-corrected chi connectivity index (χ2v) is 5.86. The van der Waals surface area contributed by atoms with Crippen molar-refractivity contribution >= 4 is 5.95 Å². The minimum absolute atomic E-state index is 0.0226. The molecule has 2 aromatic carbocycles. The summed E-state index contributed by atoms with van der Waals surface area (Å²) >= 11 is 0. The maximum Gasteiger partial charge on any atom is 0.387 e. The van der Waals surface area contributed by atoms with Gasteiger partial charge in [-0.2, -0.15) is 8.78 Å². The molecule has 2 heterocycles. The molecule has 0 amide bonds. The van der Waals surface area contributed by atoms with Crippen molar-refractivity contribution in [3.05, 3.63) is 54.9 Å². The first kappa shape index (κ1) is 18.2. The number of phenolic OH excluding ortho intramolecular Hbond substituents is 1. The molecule has 0 aliphatic carbocycles. The lowest BCUT2D eigenvalue weighted by Crippen LogP contribution is -2.02. The third-order valence-corrected chi connectivity index (χ3v) is 3.99. The normalized spacial score (nSPS) is 11.0. The number of benzene rings is 2. The van der Waals surface area contributed by atoms with E-state index in [9.17, 15) is 13.9 Å². The number of rotatable bonds is 5. The van der Waals surface area contributed by atoms with Crippen LogP contribution in [0.4, 0.5) is 14.7 Å². The van der Waals surface area contributed by atoms with Crippen molar-refractivity contribution in [3.63, 3.8) is 0 Å². The predicted octanol–water partition coefficient (Wildman–Crippen LogP) is 2.68. The van der Waals surface area contributed by atoms with Crippen LogP contribution in [0.25, 0.3) is 28.2 Å². The molecule has 0 bridgehead atoms. The SMILES string of the molecule is Nc1nc(-c2ccc(-n3cnnn3)cc2)cc(-c2ccc(OC(F)F)c(O)c2)n1. The molecule has 146 valence electrons. The summed E-state index contributed by atoms with van der Waals surface area (Å²) in [6.45, 7) is -3.04. The number of alkyl halides is 2. The van der Waals surface area contributed by atoms with Crippen LogP contribution in [0, 0.1) is 0 Å². The van der Waals surface area contributed by atoms with Gasteiger partial charge < -0.3 is 15.6 Å². The molecule has 2 aromatic heterocycles. The van der Waals surface area contributed by atoms with Gasteiger partial charge in [-0.1, -0.05) is 12.1 Å². The zero-order chi connectivity index (χ0) is 20.4. The lowest BCUT2D eigenvalue weighted by molar-refractivity contribution is -0.0512. The number of halogens is 2. The number of ether oxygens (including phenoxy) is 1. The molecule has 0 unspecified atom stereocenters. The van der Waals surface area contributed by atoms with Crippen molar-refractivity contribution < 1.29 is 18.6 Å². The highest BCUT2D eigenvalue weighted by Gasteiger charge is 2.13. The number of anilines is 1. The first-order chi connectivity index (χ1) is 14.0. The molecule has 0 aliphatic heterocycles. The first-order valence-corrected chi connectivity index (χ1v) is 8.26. The van der Waals surface area contributed by atoms with E-state index in [1.54, 1.807) is 6.07 Å². The summed E-state index contributed by atoms with van der Waals surface area (Å²) in [4.78, 5) is 8.39. The van der Waals surface area contributed by atoms with Gasteiger partial charge in [0.2, 0.25) is 5.95 Å². The highest BCUT2D eigenvalue weighted by Crippen LogP contribution is 2.33. The Labute approximate surface area is 162 Å². The zero-order valence-corrected chi connectivity index (χ0v) is 14.6. The molecular weight excluding hydrogens is 384 g/mol. The molecule has 0 atom stereocenters. The number of nitrogens with zero attached hydrogens (tertiary/aromatic N) is 6. The van der Waals surface area contributed by atoms with Gasteiger partial charge in [-0.15, -0.1) is 5.10 Å². The van der Waals surface area contributed by atoms with Crippen LogP contribution >= 0.6 is 0 Å². The van der Waals surface area contributed by atoms with Crippen LogP contribution in [0.3, 0.4) is 0 Å². The molecule has 0 fully saturated rings. The largest absolute Gasteiger partial charge is 0.504 e. The number of aromatic nitrogens is 6. The van der Waals surface area contributed by atoms with Crippen LogP contribution in [0.1, 0.15) is 0 Å². The van der Waals surface area contributed by atoms with E-state index in [-0.39, 0.29) is 11.7 Å². The van der Waals surface area contributed by atoms with Gasteiger partial charge in [0.25, 0.3) is 0 Å². The Balaban J connectivity index is 1.67. The van der Waals surface area contributed by atoms with Crippen LogP contribution in [0.15, 0.2) is 54.9 Å². The van der Waals surface area contributed by atoms with Crippen LogP contribution in [-0.2, 0) is 0 Å². The number of phenols is 1. The minimum atomic E-state index is -3.04. The molecule has 9 nitrogen and oxygen atoms in total. The molecule has 0 radical (unpaired) electrons. The van der Waals surface area contributed by atoms with Crippen LogP contribution < -0.4 is 10.5 Å². The van der Waals surface area contributed by atoms with Crippen molar-refractivity contribution in [3.8, 4) is 39.7 Å². The van der Waals surface area contributed by atoms with Gasteiger partial charge in [0.1, 0.15) is 6.33 Å². The van der Waals surface area contributed by atoms with Gasteiger partial charge in [0, 0.05) is 11.1 Å². The molecule has 0 aliphatic rings. The summed E-state index contributed by atoms with van der Waals surface area (Å²) in [6.07, 6.45) is 1.48. The summed E-state index contributed by atoms with van der Waals surface area (Å²) in [7, 11) is 0. The van der Waals surface area contributed by atoms with E-state index < -0.39 is 12.4 Å². The number of hydrogen-bond acceptors (Lipinski definition) is 8. The number of nitrogens with two attached hydrogens (primary N) is 1. The Kier molecular flexibility index (Phi) is 4.69. The number of tetrazole rings is 1. The predicted molar refractivity (Wildman–Crippen MR) is 98.3 cm³/mol. The molecule has 0 spiro atoms. The van der Waals surface area contributed by atoms with Crippen molar-refractivity contribution in [1.29, 1.82) is 0 Å². The average Bonchev–Trinajstić information content (AvgIpc) is 3.24. The quantitative estimate of drug-likeness (QED) is 0.527. The highest BCUT2D eigenvalue weighted by molar-refractivity contribution is 5.71. The summed E-state index contributed by atoms with van der Waals surface area (Å²) in [5.41, 5.74) is 8.78. The Morgan fingerprint density at radius 3 is 2.28 bits per heavy atom. The summed E-state index contributed by atoms with van der Waals surface area (Å²) in [6, 6.07) is 12.9. The lowest BCUT2D eigenvalue weighted by Gasteiger charge is -2.10. The standard InChI is InChI=1S/C18H13F2N7O2/c19-17(20)29-16-6-3-11(7-15(16)28)14-8-13(23-18(21)24-14)10-1-4-12(5-2-10)27-9-22-25-26-27/h1-9,17,28H,(H2,21,23,24). The van der Waals surface area contributed by atoms with Gasteiger partial charge in [-0.3, -0.25) is 0 Å². The molecule has 3 N–H and O–H groups in total. The molecule has 29 heavy (non-hydrogen) atoms. The van der Waals surface area contributed by atoms with E-state index in [0.717, 1.165) is 11.3 Å². The monoisotopic (exact) mass is 397 g/mol. The Bertz CT molecular complexity index is 1140. The van der Waals surface area contributed by atoms with E-state index in [2.05, 4.69) is 30.2 Å². The van der Waals surface area contributed by atoms with Crippen molar-refractivity contribution in [2.24, 2.45) is 0 Å². The average molecular weight is 397 g/mol. The third-order valence-electron chi connectivity index (χ3n) is 3.99. The molecule has 0 saturated heterocycles. The fourth-order valence-electron chi connectivity index (χ4n) is 2.70. The molecule has 4 rings (SSSR count). The third kappa shape index (κ3) is 3.93. The first-order valence-electron chi connectivity index (χ1n) is 8.26. The Hall–Kier alpha value is -4.15. The van der Waals surface area contributed by atoms with Gasteiger partial charge in [-0.05, 0) is 46.8 Å². The number of nitrogen functional groups attached to an aromatic ring is 1. The van der Waals surface area contributed by atoms with E-state index in [4.69, 9.17) is 5.73 Å². The van der Waals surface area contributed by atoms with Crippen LogP contribution in [-0.4, -0.2) is 41.9 Å². The Morgan fingerprint density at radius 2 is 1.66 bits per heavy atom. The maximum absolute atomic E-state index is 12.4. The molecule has 11 heteroatoms. The number of aromatic hydroxyl groups is 1. The molecule has 4 aromatic rings. The highest BCUT2D eigenvalue weighted by atomic mass is 19.3. The van der Waals surface area contributed by atoms with Gasteiger partial charge in [-0.25, -0.2) is 14.6 Å². The summed E-state index contributed by atoms with van der Waals surface area (Å²) < 4.78 is 30.5. The van der Waals surface area contributed by atoms with E-state index in [1.165, 1.54) is 29.2 Å². The smallest absolute Gasteiger partial charge is 0.387 e. The lowest BCUT2D eigenvalue weighted by atomic mass is 10.1. The Morgan fingerprint density at radius 1 is 0.966 bits per heavy atom. The van der Waals surface area contributed by atoms with Gasteiger partial charge >= 0.3 is 6.61 Å². The van der Waals surface area contributed by atoms with Crippen LogP contribution in [0.5, 0.6) is 11.5 Å². The minimum Gasteiger partial charge on any atom is -0.504 e. The maximum atomic E-state index is 12.4. The second-order valence-electron chi connectivity index (χ2n) is 5.86. The summed E-state index contributed by atoms with van der Waals surface area (Å²) in [5, 5.41) is 20.9. The zero-order valence-electron chi connectivity index (χ0n) is 14.6. The van der Waals surface area contributed by atoms with Crippen molar-refractivity contribution in [2.45, 2.75) is 6.61 Å². The van der Waals surface area contributed by atoms with E-state index in [1.807, 2.05) is 24.3 Å². The topological polar surface area (TPSA) is 125 Å². The van der Waals surface area contributed by atoms with E-state index >= 15 is 0 Å². The van der Waals surface area contributed by atoms with Crippen LogP contribution in [0.2, 0.25) is 0 Å². The van der Waals surface area contributed by atoms with E-state index in [0.29, 0.717) is 17.0 Å². The van der Waals surface area contributed by atoms with Gasteiger partial charge in [0.05, 0.1) is 17.1 Å². The summed E-state index contributed by atoms with van der Waals surface area (Å²) in [5.74, 6) is -0.744.